The summed E-state index contributed by atoms with van der Waals surface area (Å²) in [7, 11) is 0. The van der Waals surface area contributed by atoms with Crippen LogP contribution in [0.3, 0.4) is 0 Å². The fraction of sp³-hybridized carbons (Fsp3) is 0.211. The van der Waals surface area contributed by atoms with E-state index in [2.05, 4.69) is 20.9 Å². The van der Waals surface area contributed by atoms with E-state index in [9.17, 15) is 9.18 Å². The Bertz CT molecular complexity index is 988. The number of anilines is 1. The van der Waals surface area contributed by atoms with Gasteiger partial charge in [0.05, 0.1) is 6.04 Å². The van der Waals surface area contributed by atoms with Gasteiger partial charge in [-0.25, -0.2) is 9.07 Å². The smallest absolute Gasteiger partial charge is 0.240 e. The lowest BCUT2D eigenvalue weighted by molar-refractivity contribution is -0.116. The van der Waals surface area contributed by atoms with Crippen LogP contribution in [-0.4, -0.2) is 26.0 Å². The van der Waals surface area contributed by atoms with Crippen LogP contribution in [-0.2, 0) is 4.79 Å². The Balaban J connectivity index is 1.66. The number of carbonyl (C=O) groups excluding carboxylic acids is 1. The number of aromatic nitrogens is 3. The maximum atomic E-state index is 13.4. The Morgan fingerprint density at radius 3 is 2.70 bits per heavy atom. The standard InChI is InChI=1S/C19H18FN5OS/c1-11-4-3-5-15(10-11)21-18(26)17-16(13-6-8-14(20)9-7-13)24-25-12(2)22-23-19(25)27-17/h3-10,16-17,24H,1-2H3,(H,21,26)/t16-,17+/m0/s1. The largest absolute Gasteiger partial charge is 0.325 e. The highest BCUT2D eigenvalue weighted by molar-refractivity contribution is 8.00. The molecule has 0 unspecified atom stereocenters. The minimum atomic E-state index is -0.493. The maximum absolute atomic E-state index is 13.4. The summed E-state index contributed by atoms with van der Waals surface area (Å²) in [6.45, 7) is 3.80. The summed E-state index contributed by atoms with van der Waals surface area (Å²) in [5, 5.41) is 11.3. The summed E-state index contributed by atoms with van der Waals surface area (Å²) in [6.07, 6.45) is 0. The number of benzene rings is 2. The molecule has 1 amide bonds. The molecule has 4 rings (SSSR count). The lowest BCUT2D eigenvalue weighted by Crippen LogP contribution is -2.41. The molecule has 2 aromatic carbocycles. The average Bonchev–Trinajstić information content (AvgIpc) is 3.02. The zero-order valence-corrected chi connectivity index (χ0v) is 15.6. The van der Waals surface area contributed by atoms with Crippen LogP contribution in [0, 0.1) is 19.7 Å². The minimum absolute atomic E-state index is 0.153. The Hall–Kier alpha value is -2.87. The van der Waals surface area contributed by atoms with Crippen molar-refractivity contribution < 1.29 is 9.18 Å². The Kier molecular flexibility index (Phi) is 4.57. The van der Waals surface area contributed by atoms with E-state index < -0.39 is 5.25 Å². The van der Waals surface area contributed by atoms with Crippen LogP contribution in [0.25, 0.3) is 0 Å². The van der Waals surface area contributed by atoms with Gasteiger partial charge >= 0.3 is 0 Å². The van der Waals surface area contributed by atoms with Gasteiger partial charge in [0.1, 0.15) is 16.9 Å². The van der Waals surface area contributed by atoms with Gasteiger partial charge in [-0.1, -0.05) is 36.0 Å². The Morgan fingerprint density at radius 1 is 1.19 bits per heavy atom. The normalized spacial score (nSPS) is 18.5. The number of carbonyl (C=O) groups is 1. The summed E-state index contributed by atoms with van der Waals surface area (Å²) in [6, 6.07) is 13.4. The van der Waals surface area contributed by atoms with Crippen molar-refractivity contribution in [3.8, 4) is 0 Å². The first-order valence-electron chi connectivity index (χ1n) is 8.49. The van der Waals surface area contributed by atoms with Crippen molar-refractivity contribution in [3.05, 3.63) is 71.3 Å². The van der Waals surface area contributed by atoms with Crippen molar-refractivity contribution in [2.75, 3.05) is 10.7 Å². The molecule has 27 heavy (non-hydrogen) atoms. The predicted octanol–water partition coefficient (Wildman–Crippen LogP) is 3.43. The van der Waals surface area contributed by atoms with Crippen molar-refractivity contribution in [1.82, 2.24) is 14.9 Å². The molecule has 1 aliphatic heterocycles. The van der Waals surface area contributed by atoms with E-state index in [1.165, 1.54) is 23.9 Å². The number of thioether (sulfide) groups is 1. The summed E-state index contributed by atoms with van der Waals surface area (Å²) in [4.78, 5) is 13.0. The van der Waals surface area contributed by atoms with E-state index >= 15 is 0 Å². The number of hydrogen-bond acceptors (Lipinski definition) is 5. The van der Waals surface area contributed by atoms with E-state index in [1.54, 1.807) is 16.8 Å². The summed E-state index contributed by atoms with van der Waals surface area (Å²) in [5.74, 6) is 0.227. The summed E-state index contributed by atoms with van der Waals surface area (Å²) in [5.41, 5.74) is 5.91. The van der Waals surface area contributed by atoms with Gasteiger partial charge in [0.15, 0.2) is 0 Å². The number of hydrogen-bond donors (Lipinski definition) is 2. The third-order valence-electron chi connectivity index (χ3n) is 4.37. The minimum Gasteiger partial charge on any atom is -0.325 e. The van der Waals surface area contributed by atoms with Crippen molar-refractivity contribution in [2.24, 2.45) is 0 Å². The molecule has 0 radical (unpaired) electrons. The molecule has 1 aliphatic rings. The molecule has 6 nitrogen and oxygen atoms in total. The van der Waals surface area contributed by atoms with Crippen LogP contribution in [0.1, 0.15) is 23.0 Å². The highest BCUT2D eigenvalue weighted by Gasteiger charge is 2.37. The van der Waals surface area contributed by atoms with Gasteiger partial charge in [0.25, 0.3) is 0 Å². The van der Waals surface area contributed by atoms with Crippen LogP contribution in [0.4, 0.5) is 10.1 Å². The predicted molar refractivity (Wildman–Crippen MR) is 103 cm³/mol. The molecule has 0 bridgehead atoms. The third kappa shape index (κ3) is 3.52. The zero-order valence-electron chi connectivity index (χ0n) is 14.8. The van der Waals surface area contributed by atoms with Gasteiger partial charge < -0.3 is 10.7 Å². The molecule has 2 N–H and O–H groups in total. The van der Waals surface area contributed by atoms with Crippen LogP contribution in [0.5, 0.6) is 0 Å². The average molecular weight is 383 g/mol. The van der Waals surface area contributed by atoms with Gasteiger partial charge in [0, 0.05) is 5.69 Å². The number of nitrogens with zero attached hydrogens (tertiary/aromatic N) is 3. The number of rotatable bonds is 3. The van der Waals surface area contributed by atoms with Crippen LogP contribution in [0.15, 0.2) is 53.7 Å². The highest BCUT2D eigenvalue weighted by Crippen LogP contribution is 2.37. The molecule has 138 valence electrons. The first-order valence-corrected chi connectivity index (χ1v) is 9.37. The second kappa shape index (κ2) is 7.03. The topological polar surface area (TPSA) is 71.8 Å². The van der Waals surface area contributed by atoms with Crippen LogP contribution in [0.2, 0.25) is 0 Å². The van der Waals surface area contributed by atoms with E-state index in [-0.39, 0.29) is 17.8 Å². The molecule has 2 heterocycles. The monoisotopic (exact) mass is 383 g/mol. The number of halogens is 1. The fourth-order valence-corrected chi connectivity index (χ4v) is 4.14. The van der Waals surface area contributed by atoms with Gasteiger partial charge in [-0.15, -0.1) is 10.2 Å². The Labute approximate surface area is 160 Å². The van der Waals surface area contributed by atoms with E-state index in [0.29, 0.717) is 11.0 Å². The third-order valence-corrected chi connectivity index (χ3v) is 5.59. The van der Waals surface area contributed by atoms with Crippen LogP contribution < -0.4 is 10.7 Å². The number of amides is 1. The first-order chi connectivity index (χ1) is 13.0. The van der Waals surface area contributed by atoms with Crippen molar-refractivity contribution in [3.63, 3.8) is 0 Å². The van der Waals surface area contributed by atoms with E-state index in [0.717, 1.165) is 16.8 Å². The molecular weight excluding hydrogens is 365 g/mol. The SMILES string of the molecule is Cc1cccc(NC(=O)[C@@H]2Sc3nnc(C)n3N[C@H]2c2ccc(F)cc2)c1. The fourth-order valence-electron chi connectivity index (χ4n) is 3.02. The zero-order chi connectivity index (χ0) is 19.0. The summed E-state index contributed by atoms with van der Waals surface area (Å²) >= 11 is 1.34. The first kappa shape index (κ1) is 17.5. The van der Waals surface area contributed by atoms with Gasteiger partial charge in [-0.3, -0.25) is 4.79 Å². The second-order valence-electron chi connectivity index (χ2n) is 6.42. The van der Waals surface area contributed by atoms with Gasteiger partial charge in [-0.05, 0) is 49.2 Å². The maximum Gasteiger partial charge on any atom is 0.240 e. The molecule has 2 atom stereocenters. The molecule has 1 aromatic heterocycles. The molecule has 0 fully saturated rings. The molecule has 0 aliphatic carbocycles. The molecule has 8 heteroatoms. The van der Waals surface area contributed by atoms with Gasteiger partial charge in [0.2, 0.25) is 11.1 Å². The quantitative estimate of drug-likeness (QED) is 0.725. The van der Waals surface area contributed by atoms with Crippen LogP contribution >= 0.6 is 11.8 Å². The van der Waals surface area contributed by atoms with Crippen molar-refractivity contribution in [1.29, 1.82) is 0 Å². The number of nitrogens with one attached hydrogen (secondary N) is 2. The molecule has 0 saturated heterocycles. The summed E-state index contributed by atoms with van der Waals surface area (Å²) < 4.78 is 15.1. The van der Waals surface area contributed by atoms with E-state index in [4.69, 9.17) is 0 Å². The Morgan fingerprint density at radius 2 is 1.96 bits per heavy atom. The second-order valence-corrected chi connectivity index (χ2v) is 7.53. The molecule has 3 aromatic rings. The molecular formula is C19H18FN5OS. The van der Waals surface area contributed by atoms with Crippen molar-refractivity contribution >= 4 is 23.4 Å². The van der Waals surface area contributed by atoms with Gasteiger partial charge in [-0.2, -0.15) is 0 Å². The lowest BCUT2D eigenvalue weighted by Gasteiger charge is -2.32. The highest BCUT2D eigenvalue weighted by atomic mass is 32.2. The molecule has 0 saturated carbocycles. The van der Waals surface area contributed by atoms with E-state index in [1.807, 2.05) is 38.1 Å². The lowest BCUT2D eigenvalue weighted by atomic mass is 10.0. The van der Waals surface area contributed by atoms with Crippen molar-refractivity contribution in [2.45, 2.75) is 30.3 Å². The number of aryl methyl sites for hydroxylation is 2. The molecule has 0 spiro atoms. The number of fused-ring (bicyclic) bond motifs is 1.